The van der Waals surface area contributed by atoms with Gasteiger partial charge in [-0.3, -0.25) is 0 Å². The monoisotopic (exact) mass is 816 g/mol. The van der Waals surface area contributed by atoms with Gasteiger partial charge in [0.2, 0.25) is 0 Å². The van der Waals surface area contributed by atoms with E-state index in [1.54, 1.807) is 12.1 Å². The zero-order chi connectivity index (χ0) is 42.2. The van der Waals surface area contributed by atoms with Crippen molar-refractivity contribution in [1.29, 1.82) is 0 Å². The molecule has 0 aliphatic rings. The van der Waals surface area contributed by atoms with Crippen molar-refractivity contribution < 1.29 is 38.6 Å². The van der Waals surface area contributed by atoms with E-state index in [1.807, 2.05) is 36.4 Å². The van der Waals surface area contributed by atoms with Gasteiger partial charge in [0.15, 0.2) is 17.5 Å². The smallest absolute Gasteiger partial charge is 0.167 e. The molecule has 0 aliphatic heterocycles. The molecule has 0 spiro atoms. The Labute approximate surface area is 352 Å². The zero-order valence-electron chi connectivity index (χ0n) is 36.5. The summed E-state index contributed by atoms with van der Waals surface area (Å²) in [5.74, 6) is 4.36. The number of aliphatic hydroxyl groups excluding tert-OH is 1. The maximum absolute atomic E-state index is 11.5. The van der Waals surface area contributed by atoms with Crippen molar-refractivity contribution in [2.75, 3.05) is 46.2 Å². The number of rotatable bonds is 30. The maximum Gasteiger partial charge on any atom is 0.167 e. The summed E-state index contributed by atoms with van der Waals surface area (Å²) in [6.45, 7) is 15.9. The highest BCUT2D eigenvalue weighted by atomic mass is 16.5. The molecule has 1 aromatic heterocycles. The molecular formula is C48H69N3O8. The Morgan fingerprint density at radius 2 is 0.932 bits per heavy atom. The Kier molecular flexibility index (Phi) is 21.1. The molecule has 2 unspecified atom stereocenters. The molecule has 4 rings (SSSR count). The first kappa shape index (κ1) is 47.1. The van der Waals surface area contributed by atoms with Crippen LogP contribution in [-0.2, 0) is 4.74 Å². The number of aromatic nitrogens is 3. The largest absolute Gasteiger partial charge is 0.507 e. The van der Waals surface area contributed by atoms with Crippen LogP contribution in [0.1, 0.15) is 119 Å². The summed E-state index contributed by atoms with van der Waals surface area (Å²) in [6, 6.07) is 16.4. The minimum Gasteiger partial charge on any atom is -0.507 e. The molecule has 0 bridgehead atoms. The van der Waals surface area contributed by atoms with Gasteiger partial charge in [0.25, 0.3) is 0 Å². The van der Waals surface area contributed by atoms with Crippen LogP contribution in [0.2, 0.25) is 0 Å². The average molecular weight is 816 g/mol. The SMILES string of the molecule is CCCCOc1ccc(-c2nc(-c3ccc(OCC(O)COCC(CC)CCCC)cc3O)nc(-c3ccc(OCCCC)cc3OCCCC)n2)c(OCCCC)c1. The fourth-order valence-corrected chi connectivity index (χ4v) is 6.15. The summed E-state index contributed by atoms with van der Waals surface area (Å²) in [6.07, 6.45) is 11.3. The van der Waals surface area contributed by atoms with Gasteiger partial charge in [-0.05, 0) is 74.4 Å². The van der Waals surface area contributed by atoms with Crippen LogP contribution in [0.5, 0.6) is 34.5 Å². The third-order valence-electron chi connectivity index (χ3n) is 9.93. The summed E-state index contributed by atoms with van der Waals surface area (Å²) in [5.41, 5.74) is 1.70. The molecule has 0 saturated carbocycles. The van der Waals surface area contributed by atoms with Crippen molar-refractivity contribution >= 4 is 0 Å². The van der Waals surface area contributed by atoms with Crippen LogP contribution in [0.4, 0.5) is 0 Å². The van der Waals surface area contributed by atoms with E-state index in [-0.39, 0.29) is 24.8 Å². The van der Waals surface area contributed by atoms with Gasteiger partial charge in [-0.2, -0.15) is 0 Å². The first-order valence-corrected chi connectivity index (χ1v) is 22.1. The predicted molar refractivity (Wildman–Crippen MR) is 235 cm³/mol. The van der Waals surface area contributed by atoms with Gasteiger partial charge < -0.3 is 38.6 Å². The van der Waals surface area contributed by atoms with Crippen molar-refractivity contribution in [2.24, 2.45) is 5.92 Å². The van der Waals surface area contributed by atoms with Crippen LogP contribution in [-0.4, -0.2) is 77.5 Å². The Bertz CT molecular complexity index is 1720. The topological polar surface area (TPSA) is 135 Å². The normalized spacial score (nSPS) is 12.3. The molecule has 2 atom stereocenters. The van der Waals surface area contributed by atoms with Crippen molar-refractivity contribution in [1.82, 2.24) is 15.0 Å². The number of aromatic hydroxyl groups is 1. The van der Waals surface area contributed by atoms with Crippen LogP contribution in [0.3, 0.4) is 0 Å². The number of nitrogens with zero attached hydrogens (tertiary/aromatic N) is 3. The van der Waals surface area contributed by atoms with E-state index in [0.717, 1.165) is 70.6 Å². The highest BCUT2D eigenvalue weighted by Gasteiger charge is 2.21. The fraction of sp³-hybridized carbons (Fsp3) is 0.562. The standard InChI is InChI=1S/C48H69N3O8/c1-7-13-18-35(12-6)32-54-33-36(52)34-59-37-19-22-40(43(53)29-37)46-49-47(41-23-20-38(55-25-14-8-2)30-44(41)57-27-16-10-4)51-48(50-46)42-24-21-39(56-26-15-9-3)31-45(42)58-28-17-11-5/h19-24,29-31,35-36,52-53H,7-18,25-28,32-34H2,1-6H3. The number of phenolic OH excluding ortho intramolecular Hbond substituents is 1. The van der Waals surface area contributed by atoms with Gasteiger partial charge in [0.1, 0.15) is 47.2 Å². The molecule has 3 aromatic carbocycles. The lowest BCUT2D eigenvalue weighted by molar-refractivity contribution is -0.00111. The molecule has 4 aromatic rings. The molecule has 11 heteroatoms. The van der Waals surface area contributed by atoms with E-state index in [9.17, 15) is 10.2 Å². The second-order valence-corrected chi connectivity index (χ2v) is 15.0. The van der Waals surface area contributed by atoms with Crippen LogP contribution >= 0.6 is 0 Å². The number of aliphatic hydroxyl groups is 1. The molecule has 2 N–H and O–H groups in total. The third-order valence-corrected chi connectivity index (χ3v) is 9.93. The molecule has 0 radical (unpaired) electrons. The maximum atomic E-state index is 11.5. The van der Waals surface area contributed by atoms with Gasteiger partial charge in [0, 0.05) is 24.8 Å². The number of ether oxygens (including phenoxy) is 6. The van der Waals surface area contributed by atoms with Crippen molar-refractivity contribution in [2.45, 2.75) is 125 Å². The van der Waals surface area contributed by atoms with E-state index in [0.29, 0.717) is 96.0 Å². The lowest BCUT2D eigenvalue weighted by Gasteiger charge is -2.17. The van der Waals surface area contributed by atoms with Crippen LogP contribution < -0.4 is 23.7 Å². The minimum atomic E-state index is -0.816. The summed E-state index contributed by atoms with van der Waals surface area (Å²) in [7, 11) is 0. The van der Waals surface area contributed by atoms with E-state index in [1.165, 1.54) is 12.5 Å². The number of benzene rings is 3. The first-order chi connectivity index (χ1) is 28.8. The van der Waals surface area contributed by atoms with E-state index < -0.39 is 6.10 Å². The molecule has 0 amide bonds. The Hall–Kier alpha value is -4.61. The van der Waals surface area contributed by atoms with E-state index in [2.05, 4.69) is 41.5 Å². The van der Waals surface area contributed by atoms with Gasteiger partial charge >= 0.3 is 0 Å². The Morgan fingerprint density at radius 3 is 1.39 bits per heavy atom. The fourth-order valence-electron chi connectivity index (χ4n) is 6.15. The summed E-state index contributed by atoms with van der Waals surface area (Å²) in [4.78, 5) is 14.9. The number of phenols is 1. The van der Waals surface area contributed by atoms with Crippen molar-refractivity contribution in [3.05, 3.63) is 54.6 Å². The summed E-state index contributed by atoms with van der Waals surface area (Å²) < 4.78 is 36.5. The molecule has 1 heterocycles. The third kappa shape index (κ3) is 15.5. The lowest BCUT2D eigenvalue weighted by atomic mass is 10.0. The van der Waals surface area contributed by atoms with Gasteiger partial charge in [-0.1, -0.05) is 86.5 Å². The van der Waals surface area contributed by atoms with Gasteiger partial charge in [-0.15, -0.1) is 0 Å². The van der Waals surface area contributed by atoms with Crippen molar-refractivity contribution in [3.63, 3.8) is 0 Å². The lowest BCUT2D eigenvalue weighted by Crippen LogP contribution is -2.25. The quantitative estimate of drug-likeness (QED) is 0.0487. The molecule has 0 fully saturated rings. The van der Waals surface area contributed by atoms with Crippen LogP contribution in [0.15, 0.2) is 54.6 Å². The number of hydrogen-bond acceptors (Lipinski definition) is 11. The minimum absolute atomic E-state index is 0.0164. The number of hydrogen-bond donors (Lipinski definition) is 2. The van der Waals surface area contributed by atoms with Crippen molar-refractivity contribution in [3.8, 4) is 68.7 Å². The average Bonchev–Trinajstić information content (AvgIpc) is 3.24. The molecular weight excluding hydrogens is 747 g/mol. The highest BCUT2D eigenvalue weighted by molar-refractivity contribution is 5.75. The van der Waals surface area contributed by atoms with Gasteiger partial charge in [-0.25, -0.2) is 15.0 Å². The molecule has 11 nitrogen and oxygen atoms in total. The molecule has 0 saturated heterocycles. The second-order valence-electron chi connectivity index (χ2n) is 15.0. The highest BCUT2D eigenvalue weighted by Crippen LogP contribution is 2.39. The van der Waals surface area contributed by atoms with E-state index >= 15 is 0 Å². The predicted octanol–water partition coefficient (Wildman–Crippen LogP) is 11.3. The zero-order valence-corrected chi connectivity index (χ0v) is 36.5. The summed E-state index contributed by atoms with van der Waals surface area (Å²) in [5, 5.41) is 22.1. The Morgan fingerprint density at radius 1 is 0.492 bits per heavy atom. The van der Waals surface area contributed by atoms with Crippen LogP contribution in [0.25, 0.3) is 34.2 Å². The molecule has 324 valence electrons. The molecule has 59 heavy (non-hydrogen) atoms. The van der Waals surface area contributed by atoms with Crippen LogP contribution in [0, 0.1) is 5.92 Å². The first-order valence-electron chi connectivity index (χ1n) is 22.1. The van der Waals surface area contributed by atoms with Gasteiger partial charge in [0.05, 0.1) is 49.7 Å². The Balaban J connectivity index is 1.72. The number of unbranched alkanes of at least 4 members (excludes halogenated alkanes) is 5. The second kappa shape index (κ2) is 26.5. The summed E-state index contributed by atoms with van der Waals surface area (Å²) >= 11 is 0. The molecule has 0 aliphatic carbocycles. The van der Waals surface area contributed by atoms with E-state index in [4.69, 9.17) is 43.4 Å².